The highest BCUT2D eigenvalue weighted by molar-refractivity contribution is 6.38. The van der Waals surface area contributed by atoms with Gasteiger partial charge in [0.2, 0.25) is 5.82 Å². The molecule has 0 amide bonds. The van der Waals surface area contributed by atoms with Gasteiger partial charge in [-0.2, -0.15) is 0 Å². The standard InChI is InChI=1S/C37H19N5/c1-38-37-39-27-15-7-4-13-24(27)36(40-37)42-29-17-9-6-14-25(29)33-31(42)20-26-23-12-5-8-16-28(23)41-30-19-18-21-10-2-3-11-22(21)32(30)34(33)35(26)41/h2-20H. The Labute approximate surface area is 238 Å². The lowest BCUT2D eigenvalue weighted by Gasteiger charge is -2.08. The van der Waals surface area contributed by atoms with Crippen LogP contribution in [0.4, 0.5) is 5.95 Å². The molecule has 192 valence electrons. The molecule has 0 N–H and O–H groups in total. The van der Waals surface area contributed by atoms with Crippen LogP contribution in [0.25, 0.3) is 92.2 Å². The van der Waals surface area contributed by atoms with Crippen LogP contribution in [0.5, 0.6) is 0 Å². The zero-order valence-electron chi connectivity index (χ0n) is 22.2. The van der Waals surface area contributed by atoms with Crippen molar-refractivity contribution in [2.45, 2.75) is 0 Å². The summed E-state index contributed by atoms with van der Waals surface area (Å²) in [6.45, 7) is 7.76. The second-order valence-electron chi connectivity index (χ2n) is 10.9. The molecule has 0 saturated carbocycles. The monoisotopic (exact) mass is 533 g/mol. The molecule has 0 unspecified atom stereocenters. The van der Waals surface area contributed by atoms with Gasteiger partial charge in [-0.1, -0.05) is 78.9 Å². The molecule has 10 aromatic rings. The van der Waals surface area contributed by atoms with Crippen molar-refractivity contribution in [1.82, 2.24) is 18.9 Å². The molecule has 0 bridgehead atoms. The maximum Gasteiger partial charge on any atom is 0.374 e. The van der Waals surface area contributed by atoms with Gasteiger partial charge in [0.05, 0.1) is 33.0 Å². The summed E-state index contributed by atoms with van der Waals surface area (Å²) in [5, 5.41) is 10.7. The molecule has 0 atom stereocenters. The van der Waals surface area contributed by atoms with Crippen LogP contribution < -0.4 is 0 Å². The highest BCUT2D eigenvalue weighted by Gasteiger charge is 2.26. The van der Waals surface area contributed by atoms with E-state index in [2.05, 4.69) is 110 Å². The first-order chi connectivity index (χ1) is 20.8. The summed E-state index contributed by atoms with van der Waals surface area (Å²) in [7, 11) is 0. The fourth-order valence-corrected chi connectivity index (χ4v) is 7.27. The highest BCUT2D eigenvalue weighted by Crippen LogP contribution is 2.48. The Bertz CT molecular complexity index is 2810. The Hall–Kier alpha value is -5.99. The number of aromatic nitrogens is 4. The first kappa shape index (κ1) is 21.8. The van der Waals surface area contributed by atoms with Crippen molar-refractivity contribution in [3.05, 3.63) is 127 Å². The summed E-state index contributed by atoms with van der Waals surface area (Å²) >= 11 is 0. The lowest BCUT2D eigenvalue weighted by Crippen LogP contribution is -2.00. The molecule has 4 heterocycles. The van der Waals surface area contributed by atoms with Crippen LogP contribution in [0.15, 0.2) is 115 Å². The van der Waals surface area contributed by atoms with Crippen molar-refractivity contribution in [3.8, 4) is 5.82 Å². The largest absolute Gasteiger partial charge is 0.394 e. The second kappa shape index (κ2) is 7.60. The Kier molecular flexibility index (Phi) is 3.94. The van der Waals surface area contributed by atoms with E-state index in [1.807, 2.05) is 24.3 Å². The number of nitrogens with zero attached hydrogens (tertiary/aromatic N) is 5. The van der Waals surface area contributed by atoms with Gasteiger partial charge in [0.1, 0.15) is 5.52 Å². The summed E-state index contributed by atoms with van der Waals surface area (Å²) < 4.78 is 4.69. The van der Waals surface area contributed by atoms with Crippen LogP contribution in [0.2, 0.25) is 0 Å². The van der Waals surface area contributed by atoms with E-state index in [-0.39, 0.29) is 5.95 Å². The van der Waals surface area contributed by atoms with Crippen molar-refractivity contribution >= 4 is 87.5 Å². The molecular weight excluding hydrogens is 514 g/mol. The van der Waals surface area contributed by atoms with Crippen LogP contribution in [0.3, 0.4) is 0 Å². The quantitative estimate of drug-likeness (QED) is 0.197. The van der Waals surface area contributed by atoms with Gasteiger partial charge in [-0.25, -0.2) is 0 Å². The summed E-state index contributed by atoms with van der Waals surface area (Å²) in [6.07, 6.45) is 0. The summed E-state index contributed by atoms with van der Waals surface area (Å²) in [5.74, 6) is 0.873. The summed E-state index contributed by atoms with van der Waals surface area (Å²) in [4.78, 5) is 13.0. The van der Waals surface area contributed by atoms with E-state index in [0.717, 1.165) is 33.1 Å². The summed E-state index contributed by atoms with van der Waals surface area (Å²) in [5.41, 5.74) is 6.55. The molecular formula is C37H19N5. The number of benzene rings is 6. The molecule has 5 heteroatoms. The zero-order chi connectivity index (χ0) is 27.5. The van der Waals surface area contributed by atoms with Gasteiger partial charge in [0.25, 0.3) is 0 Å². The van der Waals surface area contributed by atoms with Crippen LogP contribution >= 0.6 is 0 Å². The molecule has 0 fully saturated rings. The van der Waals surface area contributed by atoms with Crippen molar-refractivity contribution < 1.29 is 0 Å². The first-order valence-electron chi connectivity index (χ1n) is 14.0. The van der Waals surface area contributed by atoms with Crippen LogP contribution in [-0.4, -0.2) is 18.9 Å². The van der Waals surface area contributed by atoms with Gasteiger partial charge in [0, 0.05) is 32.3 Å². The van der Waals surface area contributed by atoms with Gasteiger partial charge < -0.3 is 9.25 Å². The Morgan fingerprint density at radius 3 is 2.07 bits per heavy atom. The molecule has 0 radical (unpaired) electrons. The Morgan fingerprint density at radius 2 is 1.21 bits per heavy atom. The second-order valence-corrected chi connectivity index (χ2v) is 10.9. The van der Waals surface area contributed by atoms with E-state index in [9.17, 15) is 0 Å². The Morgan fingerprint density at radius 1 is 0.524 bits per heavy atom. The molecule has 10 rings (SSSR count). The third-order valence-corrected chi connectivity index (χ3v) is 8.87. The molecule has 0 saturated heterocycles. The molecule has 0 spiro atoms. The third-order valence-electron chi connectivity index (χ3n) is 8.87. The average Bonchev–Trinajstić information content (AvgIpc) is 3.68. The van der Waals surface area contributed by atoms with E-state index in [4.69, 9.17) is 11.6 Å². The minimum absolute atomic E-state index is 0.146. The predicted octanol–water partition coefficient (Wildman–Crippen LogP) is 9.58. The summed E-state index contributed by atoms with van der Waals surface area (Å²) in [6, 6.07) is 40.7. The Balaban J connectivity index is 1.56. The molecule has 0 aliphatic rings. The predicted molar refractivity (Wildman–Crippen MR) is 172 cm³/mol. The molecule has 0 aliphatic heterocycles. The number of hydrogen-bond acceptors (Lipinski definition) is 2. The van der Waals surface area contributed by atoms with Crippen LogP contribution in [0, 0.1) is 6.57 Å². The maximum atomic E-state index is 7.76. The minimum atomic E-state index is 0.146. The van der Waals surface area contributed by atoms with Crippen LogP contribution in [-0.2, 0) is 0 Å². The molecule has 4 aromatic heterocycles. The van der Waals surface area contributed by atoms with Crippen molar-refractivity contribution in [1.29, 1.82) is 0 Å². The van der Waals surface area contributed by atoms with E-state index in [1.165, 1.54) is 54.3 Å². The SMILES string of the molecule is [C-]#[N+]c1nc(-n2c3ccccc3c3c4c5c6ccccc6ccc5n5c6ccccc6c(cc32)c45)c2ccccc2n1. The normalized spacial score (nSPS) is 12.3. The van der Waals surface area contributed by atoms with Gasteiger partial charge in [0.15, 0.2) is 0 Å². The van der Waals surface area contributed by atoms with E-state index >= 15 is 0 Å². The minimum Gasteiger partial charge on any atom is -0.394 e. The van der Waals surface area contributed by atoms with Crippen molar-refractivity contribution in [2.24, 2.45) is 0 Å². The first-order valence-corrected chi connectivity index (χ1v) is 14.0. The lowest BCUT2D eigenvalue weighted by molar-refractivity contribution is 1.09. The number of rotatable bonds is 1. The van der Waals surface area contributed by atoms with Gasteiger partial charge in [-0.15, -0.1) is 16.5 Å². The van der Waals surface area contributed by atoms with Crippen molar-refractivity contribution in [3.63, 3.8) is 0 Å². The van der Waals surface area contributed by atoms with Gasteiger partial charge >= 0.3 is 5.95 Å². The molecule has 5 nitrogen and oxygen atoms in total. The topological polar surface area (TPSA) is 39.5 Å². The maximum absolute atomic E-state index is 7.76. The molecule has 42 heavy (non-hydrogen) atoms. The fraction of sp³-hybridized carbons (Fsp3) is 0. The lowest BCUT2D eigenvalue weighted by atomic mass is 9.98. The van der Waals surface area contributed by atoms with E-state index in [0.29, 0.717) is 0 Å². The van der Waals surface area contributed by atoms with E-state index in [1.54, 1.807) is 0 Å². The van der Waals surface area contributed by atoms with Crippen LogP contribution in [0.1, 0.15) is 0 Å². The number of hydrogen-bond donors (Lipinski definition) is 0. The highest BCUT2D eigenvalue weighted by atomic mass is 15.1. The smallest absolute Gasteiger partial charge is 0.374 e. The average molecular weight is 534 g/mol. The number of fused-ring (bicyclic) bond motifs is 13. The van der Waals surface area contributed by atoms with Gasteiger partial charge in [-0.3, -0.25) is 4.57 Å². The third kappa shape index (κ3) is 2.53. The van der Waals surface area contributed by atoms with Gasteiger partial charge in [-0.05, 0) is 47.2 Å². The van der Waals surface area contributed by atoms with Crippen molar-refractivity contribution in [2.75, 3.05) is 0 Å². The number of para-hydroxylation sites is 3. The zero-order valence-corrected chi connectivity index (χ0v) is 22.2. The fourth-order valence-electron chi connectivity index (χ4n) is 7.27. The molecule has 6 aromatic carbocycles. The molecule has 0 aliphatic carbocycles. The van der Waals surface area contributed by atoms with E-state index < -0.39 is 0 Å².